The van der Waals surface area contributed by atoms with Crippen LogP contribution in [0.25, 0.3) is 0 Å². The third-order valence-corrected chi connectivity index (χ3v) is 2.96. The molecule has 1 aliphatic rings. The highest BCUT2D eigenvalue weighted by atomic mass is 16.1. The Morgan fingerprint density at radius 2 is 2.20 bits per heavy atom. The molecule has 1 saturated heterocycles. The van der Waals surface area contributed by atoms with Gasteiger partial charge < -0.3 is 4.90 Å². The second-order valence-electron chi connectivity index (χ2n) is 3.94. The maximum absolute atomic E-state index is 11.2. The highest BCUT2D eigenvalue weighted by Crippen LogP contribution is 2.21. The fourth-order valence-corrected chi connectivity index (χ4v) is 1.99. The fraction of sp³-hybridized carbons (Fsp3) is 0.545. The lowest BCUT2D eigenvalue weighted by molar-refractivity contribution is -0.121. The van der Waals surface area contributed by atoms with Gasteiger partial charge in [0.05, 0.1) is 0 Å². The summed E-state index contributed by atoms with van der Waals surface area (Å²) in [4.78, 5) is 21.5. The van der Waals surface area contributed by atoms with Crippen molar-refractivity contribution in [2.75, 3.05) is 18.0 Å². The molecule has 0 N–H and O–H groups in total. The maximum Gasteiger partial charge on any atom is 0.133 e. The molecule has 0 unspecified atom stereocenters. The van der Waals surface area contributed by atoms with Crippen LogP contribution in [-0.2, 0) is 4.79 Å². The van der Waals surface area contributed by atoms with Gasteiger partial charge in [0.15, 0.2) is 0 Å². The molecule has 0 bridgehead atoms. The minimum atomic E-state index is 0.253. The lowest BCUT2D eigenvalue weighted by Crippen LogP contribution is -2.36. The number of hydrogen-bond acceptors (Lipinski definition) is 4. The van der Waals surface area contributed by atoms with Crippen LogP contribution in [0.5, 0.6) is 0 Å². The van der Waals surface area contributed by atoms with Gasteiger partial charge in [-0.15, -0.1) is 0 Å². The van der Waals surface area contributed by atoms with E-state index in [-0.39, 0.29) is 5.92 Å². The molecule has 1 aromatic heterocycles. The molecule has 0 saturated carbocycles. The maximum atomic E-state index is 11.2. The fourth-order valence-electron chi connectivity index (χ4n) is 1.99. The Labute approximate surface area is 89.3 Å². The summed E-state index contributed by atoms with van der Waals surface area (Å²) in [6, 6.07) is 1.91. The first kappa shape index (κ1) is 10.1. The molecule has 0 radical (unpaired) electrons. The van der Waals surface area contributed by atoms with Crippen molar-refractivity contribution in [3.8, 4) is 0 Å². The number of rotatable bonds is 2. The predicted molar refractivity (Wildman–Crippen MR) is 57.7 cm³/mol. The Hall–Kier alpha value is -1.45. The molecule has 4 heteroatoms. The summed E-state index contributed by atoms with van der Waals surface area (Å²) in [5, 5.41) is 0. The monoisotopic (exact) mass is 205 g/mol. The molecular weight excluding hydrogens is 190 g/mol. The number of anilines is 1. The Morgan fingerprint density at radius 3 is 2.73 bits per heavy atom. The van der Waals surface area contributed by atoms with E-state index in [4.69, 9.17) is 0 Å². The zero-order chi connectivity index (χ0) is 10.7. The lowest BCUT2D eigenvalue weighted by atomic mass is 9.93. The smallest absolute Gasteiger partial charge is 0.133 e. The van der Waals surface area contributed by atoms with Gasteiger partial charge in [-0.05, 0) is 25.8 Å². The molecule has 4 nitrogen and oxygen atoms in total. The van der Waals surface area contributed by atoms with Crippen LogP contribution in [0.2, 0.25) is 0 Å². The van der Waals surface area contributed by atoms with Gasteiger partial charge in [0.2, 0.25) is 0 Å². The van der Waals surface area contributed by atoms with E-state index in [1.807, 2.05) is 6.07 Å². The molecule has 2 heterocycles. The molecule has 80 valence electrons. The van der Waals surface area contributed by atoms with Gasteiger partial charge >= 0.3 is 0 Å². The molecule has 0 aromatic carbocycles. The van der Waals surface area contributed by atoms with Crippen molar-refractivity contribution in [3.63, 3.8) is 0 Å². The Kier molecular flexibility index (Phi) is 2.94. The summed E-state index contributed by atoms with van der Waals surface area (Å²) < 4.78 is 0. The molecule has 15 heavy (non-hydrogen) atoms. The molecule has 0 atom stereocenters. The number of aromatic nitrogens is 2. The summed E-state index contributed by atoms with van der Waals surface area (Å²) in [6.07, 6.45) is 5.20. The van der Waals surface area contributed by atoms with Crippen molar-refractivity contribution in [2.45, 2.75) is 19.8 Å². The minimum Gasteiger partial charge on any atom is -0.356 e. The topological polar surface area (TPSA) is 46.1 Å². The van der Waals surface area contributed by atoms with Gasteiger partial charge in [0, 0.05) is 25.2 Å². The van der Waals surface area contributed by atoms with Crippen LogP contribution in [0.1, 0.15) is 19.8 Å². The van der Waals surface area contributed by atoms with Crippen molar-refractivity contribution < 1.29 is 4.79 Å². The van der Waals surface area contributed by atoms with E-state index < -0.39 is 0 Å². The summed E-state index contributed by atoms with van der Waals surface area (Å²) in [5.74, 6) is 1.53. The predicted octanol–water partition coefficient (Wildman–Crippen LogP) is 1.28. The van der Waals surface area contributed by atoms with Gasteiger partial charge in [-0.2, -0.15) is 0 Å². The van der Waals surface area contributed by atoms with E-state index in [2.05, 4.69) is 14.9 Å². The Bertz CT molecular complexity index is 331. The third kappa shape index (κ3) is 2.32. The van der Waals surface area contributed by atoms with E-state index in [1.54, 1.807) is 19.4 Å². The largest absolute Gasteiger partial charge is 0.356 e. The summed E-state index contributed by atoms with van der Waals surface area (Å²) in [5.41, 5.74) is 0. The number of carbonyl (C=O) groups is 1. The Morgan fingerprint density at radius 1 is 1.47 bits per heavy atom. The molecule has 0 amide bonds. The zero-order valence-electron chi connectivity index (χ0n) is 8.89. The van der Waals surface area contributed by atoms with Crippen LogP contribution in [0.3, 0.4) is 0 Å². The first-order chi connectivity index (χ1) is 7.27. The van der Waals surface area contributed by atoms with Crippen LogP contribution < -0.4 is 4.90 Å². The molecule has 0 spiro atoms. The van der Waals surface area contributed by atoms with Crippen molar-refractivity contribution in [2.24, 2.45) is 5.92 Å². The molecule has 0 aliphatic carbocycles. The molecule has 2 rings (SSSR count). The molecule has 1 fully saturated rings. The summed E-state index contributed by atoms with van der Waals surface area (Å²) in [6.45, 7) is 3.52. The highest BCUT2D eigenvalue weighted by Gasteiger charge is 2.22. The highest BCUT2D eigenvalue weighted by molar-refractivity contribution is 5.78. The van der Waals surface area contributed by atoms with Gasteiger partial charge in [-0.1, -0.05) is 0 Å². The van der Waals surface area contributed by atoms with E-state index in [1.165, 1.54) is 0 Å². The number of hydrogen-bond donors (Lipinski definition) is 0. The molecular formula is C11H15N3O. The second kappa shape index (κ2) is 4.38. The van der Waals surface area contributed by atoms with E-state index in [0.29, 0.717) is 5.78 Å². The zero-order valence-corrected chi connectivity index (χ0v) is 8.89. The van der Waals surface area contributed by atoms with Gasteiger partial charge in [-0.3, -0.25) is 4.79 Å². The standard InChI is InChI=1S/C11H15N3O/c1-9(15)10-3-6-14(7-4-10)11-2-5-12-8-13-11/h2,5,8,10H,3-4,6-7H2,1H3. The quantitative estimate of drug-likeness (QED) is 0.729. The number of ketones is 1. The second-order valence-corrected chi connectivity index (χ2v) is 3.94. The van der Waals surface area contributed by atoms with Crippen LogP contribution in [0.15, 0.2) is 18.6 Å². The van der Waals surface area contributed by atoms with Crippen molar-refractivity contribution in [3.05, 3.63) is 18.6 Å². The van der Waals surface area contributed by atoms with Crippen LogP contribution in [0, 0.1) is 5.92 Å². The average molecular weight is 205 g/mol. The SMILES string of the molecule is CC(=O)C1CCN(c2ccncn2)CC1. The van der Waals surface area contributed by atoms with Gasteiger partial charge in [0.1, 0.15) is 17.9 Å². The van der Waals surface area contributed by atoms with Gasteiger partial charge in [0.25, 0.3) is 0 Å². The van der Waals surface area contributed by atoms with Crippen LogP contribution >= 0.6 is 0 Å². The normalized spacial score (nSPS) is 17.8. The van der Waals surface area contributed by atoms with E-state index in [9.17, 15) is 4.79 Å². The molecule has 1 aliphatic heterocycles. The number of Topliss-reactive ketones (excluding diaryl/α,β-unsaturated/α-hetero) is 1. The first-order valence-electron chi connectivity index (χ1n) is 5.29. The van der Waals surface area contributed by atoms with Crippen molar-refractivity contribution in [1.82, 2.24) is 9.97 Å². The third-order valence-electron chi connectivity index (χ3n) is 2.96. The average Bonchev–Trinajstić information content (AvgIpc) is 2.30. The van der Waals surface area contributed by atoms with E-state index >= 15 is 0 Å². The first-order valence-corrected chi connectivity index (χ1v) is 5.29. The van der Waals surface area contributed by atoms with Crippen LogP contribution in [0.4, 0.5) is 5.82 Å². The number of piperidine rings is 1. The summed E-state index contributed by atoms with van der Waals surface area (Å²) >= 11 is 0. The van der Waals surface area contributed by atoms with E-state index in [0.717, 1.165) is 31.7 Å². The summed E-state index contributed by atoms with van der Waals surface area (Å²) in [7, 11) is 0. The lowest BCUT2D eigenvalue weighted by Gasteiger charge is -2.31. The number of nitrogens with zero attached hydrogens (tertiary/aromatic N) is 3. The molecule has 1 aromatic rings. The number of carbonyl (C=O) groups excluding carboxylic acids is 1. The van der Waals surface area contributed by atoms with Crippen LogP contribution in [-0.4, -0.2) is 28.8 Å². The minimum absolute atomic E-state index is 0.253. The Balaban J connectivity index is 1.97. The van der Waals surface area contributed by atoms with Crippen molar-refractivity contribution >= 4 is 11.6 Å². The van der Waals surface area contributed by atoms with Crippen molar-refractivity contribution in [1.29, 1.82) is 0 Å². The van der Waals surface area contributed by atoms with Gasteiger partial charge in [-0.25, -0.2) is 9.97 Å².